The fourth-order valence-corrected chi connectivity index (χ4v) is 2.47. The summed E-state index contributed by atoms with van der Waals surface area (Å²) in [5, 5.41) is 11.5. The van der Waals surface area contributed by atoms with E-state index in [2.05, 4.69) is 19.2 Å². The van der Waals surface area contributed by atoms with E-state index in [4.69, 9.17) is 5.11 Å². The van der Waals surface area contributed by atoms with Crippen molar-refractivity contribution >= 4 is 29.3 Å². The van der Waals surface area contributed by atoms with Crippen LogP contribution in [0.25, 0.3) is 6.08 Å². The third-order valence-electron chi connectivity index (χ3n) is 3.06. The molecule has 1 aliphatic carbocycles. The van der Waals surface area contributed by atoms with E-state index >= 15 is 0 Å². The summed E-state index contributed by atoms with van der Waals surface area (Å²) >= 11 is 1.29. The predicted octanol–water partition coefficient (Wildman–Crippen LogP) is 2.37. The van der Waals surface area contributed by atoms with E-state index in [1.165, 1.54) is 17.4 Å². The average Bonchev–Trinajstić information content (AvgIpc) is 2.73. The van der Waals surface area contributed by atoms with Crippen LogP contribution in [0.4, 0.5) is 0 Å². The summed E-state index contributed by atoms with van der Waals surface area (Å²) in [5.74, 6) is -1.07. The van der Waals surface area contributed by atoms with Gasteiger partial charge in [-0.3, -0.25) is 4.79 Å². The van der Waals surface area contributed by atoms with Crippen LogP contribution >= 0.6 is 11.3 Å². The van der Waals surface area contributed by atoms with E-state index in [-0.39, 0.29) is 17.4 Å². The molecule has 18 heavy (non-hydrogen) atoms. The summed E-state index contributed by atoms with van der Waals surface area (Å²) < 4.78 is 0. The number of rotatable bonds is 4. The van der Waals surface area contributed by atoms with Gasteiger partial charge in [-0.15, -0.1) is 11.3 Å². The minimum atomic E-state index is -0.992. The van der Waals surface area contributed by atoms with Crippen LogP contribution in [0.3, 0.4) is 0 Å². The maximum Gasteiger partial charge on any atom is 0.328 e. The van der Waals surface area contributed by atoms with Gasteiger partial charge in [-0.25, -0.2) is 4.79 Å². The number of thiophene rings is 1. The summed E-state index contributed by atoms with van der Waals surface area (Å²) in [6, 6.07) is 3.72. The highest BCUT2D eigenvalue weighted by atomic mass is 32.1. The number of carbonyl (C=O) groups excluding carboxylic acids is 1. The van der Waals surface area contributed by atoms with Gasteiger partial charge in [-0.2, -0.15) is 0 Å². The highest BCUT2D eigenvalue weighted by molar-refractivity contribution is 7.14. The van der Waals surface area contributed by atoms with Gasteiger partial charge < -0.3 is 10.4 Å². The molecule has 2 rings (SSSR count). The predicted molar refractivity (Wildman–Crippen MR) is 70.6 cm³/mol. The second-order valence-electron chi connectivity index (χ2n) is 5.09. The Kier molecular flexibility index (Phi) is 3.26. The molecule has 0 spiro atoms. The van der Waals surface area contributed by atoms with E-state index in [9.17, 15) is 9.59 Å². The van der Waals surface area contributed by atoms with Crippen molar-refractivity contribution in [3.8, 4) is 0 Å². The molecular formula is C13H15NO3S. The molecule has 2 N–H and O–H groups in total. The molecule has 1 saturated carbocycles. The molecular weight excluding hydrogens is 250 g/mol. The van der Waals surface area contributed by atoms with Crippen LogP contribution in [0.15, 0.2) is 18.2 Å². The van der Waals surface area contributed by atoms with Crippen molar-refractivity contribution in [2.75, 3.05) is 0 Å². The third-order valence-corrected chi connectivity index (χ3v) is 4.11. The van der Waals surface area contributed by atoms with Crippen LogP contribution in [0.1, 0.15) is 34.8 Å². The summed E-state index contributed by atoms with van der Waals surface area (Å²) in [4.78, 5) is 23.6. The molecule has 1 atom stereocenters. The topological polar surface area (TPSA) is 66.4 Å². The quantitative estimate of drug-likeness (QED) is 0.821. The van der Waals surface area contributed by atoms with E-state index < -0.39 is 5.97 Å². The summed E-state index contributed by atoms with van der Waals surface area (Å²) in [6.45, 7) is 4.24. The van der Waals surface area contributed by atoms with Crippen molar-refractivity contribution in [1.29, 1.82) is 0 Å². The first-order valence-corrected chi connectivity index (χ1v) is 6.52. The molecule has 0 saturated heterocycles. The van der Waals surface area contributed by atoms with Crippen molar-refractivity contribution in [3.63, 3.8) is 0 Å². The highest BCUT2D eigenvalue weighted by Crippen LogP contribution is 2.44. The first kappa shape index (κ1) is 12.8. The second kappa shape index (κ2) is 4.57. The standard InChI is InChI=1S/C13H15NO3S/c1-13(2)7-10(13)14-12(17)9-5-3-8(18-9)4-6-11(15)16/h3-6,10H,7H2,1-2H3,(H,14,17)(H,15,16). The Bertz CT molecular complexity index is 516. The molecule has 0 aliphatic heterocycles. The minimum Gasteiger partial charge on any atom is -0.478 e. The Morgan fingerprint density at radius 2 is 2.17 bits per heavy atom. The zero-order chi connectivity index (χ0) is 13.3. The number of hydrogen-bond acceptors (Lipinski definition) is 3. The Hall–Kier alpha value is -1.62. The molecule has 0 aromatic carbocycles. The number of carboxylic acid groups (broad SMARTS) is 1. The molecule has 1 aromatic heterocycles. The molecule has 4 nitrogen and oxygen atoms in total. The molecule has 1 aromatic rings. The van der Waals surface area contributed by atoms with Gasteiger partial charge in [0.2, 0.25) is 0 Å². The van der Waals surface area contributed by atoms with Gasteiger partial charge in [0.05, 0.1) is 4.88 Å². The second-order valence-corrected chi connectivity index (χ2v) is 6.21. The van der Waals surface area contributed by atoms with Crippen molar-refractivity contribution in [3.05, 3.63) is 28.0 Å². The Morgan fingerprint density at radius 1 is 1.50 bits per heavy atom. The van der Waals surface area contributed by atoms with E-state index in [0.717, 1.165) is 17.4 Å². The monoisotopic (exact) mass is 265 g/mol. The lowest BCUT2D eigenvalue weighted by molar-refractivity contribution is -0.131. The van der Waals surface area contributed by atoms with Crippen LogP contribution in [0.5, 0.6) is 0 Å². The Labute approximate surface area is 109 Å². The van der Waals surface area contributed by atoms with Gasteiger partial charge >= 0.3 is 5.97 Å². The maximum absolute atomic E-state index is 11.9. The summed E-state index contributed by atoms with van der Waals surface area (Å²) in [5.41, 5.74) is 0.207. The molecule has 1 amide bonds. The van der Waals surface area contributed by atoms with Crippen LogP contribution in [-0.2, 0) is 4.79 Å². The zero-order valence-corrected chi connectivity index (χ0v) is 11.1. The lowest BCUT2D eigenvalue weighted by atomic mass is 10.2. The summed E-state index contributed by atoms with van der Waals surface area (Å²) in [6.07, 6.45) is 3.57. The molecule has 96 valence electrons. The van der Waals surface area contributed by atoms with Crippen molar-refractivity contribution in [2.24, 2.45) is 5.41 Å². The smallest absolute Gasteiger partial charge is 0.328 e. The first-order chi connectivity index (χ1) is 8.38. The highest BCUT2D eigenvalue weighted by Gasteiger charge is 2.46. The van der Waals surface area contributed by atoms with Crippen LogP contribution in [-0.4, -0.2) is 23.0 Å². The SMILES string of the molecule is CC1(C)CC1NC(=O)c1ccc(C=CC(=O)O)s1. The molecule has 1 unspecified atom stereocenters. The summed E-state index contributed by atoms with van der Waals surface area (Å²) in [7, 11) is 0. The number of amides is 1. The number of carboxylic acids is 1. The van der Waals surface area contributed by atoms with Crippen molar-refractivity contribution in [2.45, 2.75) is 26.3 Å². The Morgan fingerprint density at radius 3 is 2.72 bits per heavy atom. The third kappa shape index (κ3) is 2.98. The number of carbonyl (C=O) groups is 2. The largest absolute Gasteiger partial charge is 0.478 e. The fraction of sp³-hybridized carbons (Fsp3) is 0.385. The maximum atomic E-state index is 11.9. The molecule has 0 bridgehead atoms. The van der Waals surface area contributed by atoms with Crippen LogP contribution < -0.4 is 5.32 Å². The molecule has 1 fully saturated rings. The fourth-order valence-electron chi connectivity index (χ4n) is 1.66. The van der Waals surface area contributed by atoms with E-state index in [1.54, 1.807) is 12.1 Å². The normalized spacial score (nSPS) is 20.9. The zero-order valence-electron chi connectivity index (χ0n) is 10.3. The lowest BCUT2D eigenvalue weighted by Crippen LogP contribution is -2.27. The van der Waals surface area contributed by atoms with Gasteiger partial charge in [0.25, 0.3) is 5.91 Å². The minimum absolute atomic E-state index is 0.0782. The van der Waals surface area contributed by atoms with Gasteiger partial charge in [0.15, 0.2) is 0 Å². The van der Waals surface area contributed by atoms with E-state index in [1.807, 2.05) is 0 Å². The van der Waals surface area contributed by atoms with E-state index in [0.29, 0.717) is 4.88 Å². The average molecular weight is 265 g/mol. The Balaban J connectivity index is 1.97. The van der Waals surface area contributed by atoms with Crippen molar-refractivity contribution in [1.82, 2.24) is 5.32 Å². The molecule has 5 heteroatoms. The number of hydrogen-bond donors (Lipinski definition) is 2. The van der Waals surface area contributed by atoms with Crippen molar-refractivity contribution < 1.29 is 14.7 Å². The van der Waals surface area contributed by atoms with Gasteiger partial charge in [0, 0.05) is 17.0 Å². The molecule has 0 radical (unpaired) electrons. The van der Waals surface area contributed by atoms with Crippen LogP contribution in [0.2, 0.25) is 0 Å². The number of nitrogens with one attached hydrogen (secondary N) is 1. The first-order valence-electron chi connectivity index (χ1n) is 5.70. The van der Waals surface area contributed by atoms with Crippen LogP contribution in [0, 0.1) is 5.41 Å². The molecule has 1 heterocycles. The molecule has 1 aliphatic rings. The van der Waals surface area contributed by atoms with Gasteiger partial charge in [-0.1, -0.05) is 13.8 Å². The van der Waals surface area contributed by atoms with Gasteiger partial charge in [-0.05, 0) is 30.0 Å². The van der Waals surface area contributed by atoms with Gasteiger partial charge in [0.1, 0.15) is 0 Å². The number of aliphatic carboxylic acids is 1. The lowest BCUT2D eigenvalue weighted by Gasteiger charge is -2.04.